The lowest BCUT2D eigenvalue weighted by Crippen LogP contribution is -2.53. The topological polar surface area (TPSA) is 69.7 Å². The van der Waals surface area contributed by atoms with Crippen molar-refractivity contribution in [2.24, 2.45) is 0 Å². The van der Waals surface area contributed by atoms with Gasteiger partial charge in [0, 0.05) is 32.7 Å². The second kappa shape index (κ2) is 8.70. The Hall–Kier alpha value is -2.45. The van der Waals surface area contributed by atoms with E-state index >= 15 is 0 Å². The van der Waals surface area contributed by atoms with E-state index < -0.39 is 10.0 Å². The van der Waals surface area contributed by atoms with Crippen LogP contribution in [0.3, 0.4) is 0 Å². The highest BCUT2D eigenvalue weighted by molar-refractivity contribution is 7.89. The minimum atomic E-state index is -3.55. The van der Waals surface area contributed by atoms with Gasteiger partial charge in [-0.25, -0.2) is 17.6 Å². The van der Waals surface area contributed by atoms with E-state index in [-0.39, 0.29) is 29.8 Å². The van der Waals surface area contributed by atoms with Gasteiger partial charge in [-0.3, -0.25) is 0 Å². The quantitative estimate of drug-likeness (QED) is 0.831. The van der Waals surface area contributed by atoms with E-state index in [1.165, 1.54) is 10.4 Å². The molecule has 1 N–H and O–H groups in total. The minimum Gasteiger partial charge on any atom is -0.338 e. The van der Waals surface area contributed by atoms with Crippen LogP contribution in [0.25, 0.3) is 0 Å². The van der Waals surface area contributed by atoms with Gasteiger partial charge < -0.3 is 10.2 Å². The van der Waals surface area contributed by atoms with Crippen LogP contribution < -0.4 is 5.32 Å². The summed E-state index contributed by atoms with van der Waals surface area (Å²) in [5.41, 5.74) is 1.55. The summed E-state index contributed by atoms with van der Waals surface area (Å²) < 4.78 is 40.4. The molecule has 1 heterocycles. The lowest BCUT2D eigenvalue weighted by molar-refractivity contribution is 0.172. The number of hydrogen-bond donors (Lipinski definition) is 1. The van der Waals surface area contributed by atoms with E-state index in [0.717, 1.165) is 5.56 Å². The Labute approximate surface area is 165 Å². The number of carbonyl (C=O) groups excluding carboxylic acids is 1. The van der Waals surface area contributed by atoms with Crippen molar-refractivity contribution >= 4 is 16.1 Å². The molecular formula is C20H24FN3O3S. The van der Waals surface area contributed by atoms with Gasteiger partial charge in [-0.15, -0.1) is 0 Å². The maximum atomic E-state index is 13.6. The monoisotopic (exact) mass is 405 g/mol. The van der Waals surface area contributed by atoms with Gasteiger partial charge in [-0.05, 0) is 37.1 Å². The summed E-state index contributed by atoms with van der Waals surface area (Å²) in [5, 5.41) is 2.77. The van der Waals surface area contributed by atoms with Gasteiger partial charge in [-0.2, -0.15) is 4.31 Å². The third kappa shape index (κ3) is 4.69. The van der Waals surface area contributed by atoms with Crippen molar-refractivity contribution in [2.75, 3.05) is 32.7 Å². The van der Waals surface area contributed by atoms with E-state index in [2.05, 4.69) is 5.32 Å². The molecular weight excluding hydrogens is 381 g/mol. The summed E-state index contributed by atoms with van der Waals surface area (Å²) in [6.07, 6.45) is 0.403. The molecule has 2 amide bonds. The van der Waals surface area contributed by atoms with Crippen LogP contribution in [0.5, 0.6) is 0 Å². The van der Waals surface area contributed by atoms with Crippen LogP contribution in [0.4, 0.5) is 9.18 Å². The van der Waals surface area contributed by atoms with Gasteiger partial charge in [0.15, 0.2) is 0 Å². The zero-order valence-corrected chi connectivity index (χ0v) is 16.6. The van der Waals surface area contributed by atoms with Gasteiger partial charge in [0.1, 0.15) is 5.82 Å². The number of halogens is 1. The molecule has 0 atom stereocenters. The van der Waals surface area contributed by atoms with E-state index in [9.17, 15) is 17.6 Å². The first-order valence-electron chi connectivity index (χ1n) is 9.21. The molecule has 0 spiro atoms. The number of hydrogen-bond acceptors (Lipinski definition) is 3. The molecule has 8 heteroatoms. The molecule has 2 aromatic carbocycles. The molecule has 1 aliphatic heterocycles. The van der Waals surface area contributed by atoms with Gasteiger partial charge in [0.2, 0.25) is 10.0 Å². The number of benzene rings is 2. The zero-order valence-electron chi connectivity index (χ0n) is 15.8. The molecule has 2 aromatic rings. The zero-order chi connectivity index (χ0) is 20.1. The summed E-state index contributed by atoms with van der Waals surface area (Å²) in [6, 6.07) is 13.0. The second-order valence-corrected chi connectivity index (χ2v) is 8.72. The standard InChI is InChI=1S/C20H24FN3O3S/c1-16-6-8-18(9-7-16)28(26,27)24-14-12-23(13-15-24)20(25)22-11-10-17-4-2-3-5-19(17)21/h2-9H,10-15H2,1H3,(H,22,25). The minimum absolute atomic E-state index is 0.247. The highest BCUT2D eigenvalue weighted by Crippen LogP contribution is 2.18. The predicted molar refractivity (Wildman–Crippen MR) is 105 cm³/mol. The molecule has 150 valence electrons. The maximum Gasteiger partial charge on any atom is 0.317 e. The van der Waals surface area contributed by atoms with E-state index in [1.807, 2.05) is 6.92 Å². The van der Waals surface area contributed by atoms with Gasteiger partial charge in [0.05, 0.1) is 4.90 Å². The van der Waals surface area contributed by atoms with Crippen LogP contribution in [-0.2, 0) is 16.4 Å². The fourth-order valence-corrected chi connectivity index (χ4v) is 4.53. The number of carbonyl (C=O) groups is 1. The van der Waals surface area contributed by atoms with Gasteiger partial charge in [-0.1, -0.05) is 35.9 Å². The summed E-state index contributed by atoms with van der Waals surface area (Å²) in [5.74, 6) is -0.285. The van der Waals surface area contributed by atoms with Crippen LogP contribution in [0, 0.1) is 12.7 Å². The normalized spacial score (nSPS) is 15.4. The Kier molecular flexibility index (Phi) is 6.31. The number of piperazine rings is 1. The number of amides is 2. The summed E-state index contributed by atoms with van der Waals surface area (Å²) in [7, 11) is -3.55. The van der Waals surface area contributed by atoms with Crippen molar-refractivity contribution in [3.8, 4) is 0 Å². The van der Waals surface area contributed by atoms with Crippen LogP contribution in [0.2, 0.25) is 0 Å². The highest BCUT2D eigenvalue weighted by atomic mass is 32.2. The molecule has 1 aliphatic rings. The van der Waals surface area contributed by atoms with Crippen molar-refractivity contribution in [1.82, 2.24) is 14.5 Å². The number of sulfonamides is 1. The van der Waals surface area contributed by atoms with Crippen molar-refractivity contribution < 1.29 is 17.6 Å². The van der Waals surface area contributed by atoms with Crippen molar-refractivity contribution in [2.45, 2.75) is 18.2 Å². The first-order chi connectivity index (χ1) is 13.4. The SMILES string of the molecule is Cc1ccc(S(=O)(=O)N2CCN(C(=O)NCCc3ccccc3F)CC2)cc1. The molecule has 3 rings (SSSR count). The highest BCUT2D eigenvalue weighted by Gasteiger charge is 2.29. The van der Waals surface area contributed by atoms with Crippen LogP contribution >= 0.6 is 0 Å². The molecule has 0 aliphatic carbocycles. The Balaban J connectivity index is 1.50. The molecule has 0 aromatic heterocycles. The third-order valence-electron chi connectivity index (χ3n) is 4.81. The second-order valence-electron chi connectivity index (χ2n) is 6.78. The fraction of sp³-hybridized carbons (Fsp3) is 0.350. The van der Waals surface area contributed by atoms with Crippen molar-refractivity contribution in [3.63, 3.8) is 0 Å². The maximum absolute atomic E-state index is 13.6. The van der Waals surface area contributed by atoms with Crippen LogP contribution in [0.15, 0.2) is 53.4 Å². The number of nitrogens with one attached hydrogen (secondary N) is 1. The lowest BCUT2D eigenvalue weighted by Gasteiger charge is -2.34. The number of rotatable bonds is 5. The fourth-order valence-electron chi connectivity index (χ4n) is 3.11. The average Bonchev–Trinajstić information content (AvgIpc) is 2.70. The van der Waals surface area contributed by atoms with Gasteiger partial charge >= 0.3 is 6.03 Å². The molecule has 0 radical (unpaired) electrons. The van der Waals surface area contributed by atoms with Gasteiger partial charge in [0.25, 0.3) is 0 Å². The molecule has 6 nitrogen and oxygen atoms in total. The molecule has 1 saturated heterocycles. The first kappa shape index (κ1) is 20.3. The summed E-state index contributed by atoms with van der Waals surface area (Å²) >= 11 is 0. The predicted octanol–water partition coefficient (Wildman–Crippen LogP) is 2.39. The Bertz CT molecular complexity index is 924. The summed E-state index contributed by atoms with van der Waals surface area (Å²) in [6.45, 7) is 3.35. The number of nitrogens with zero attached hydrogens (tertiary/aromatic N) is 2. The lowest BCUT2D eigenvalue weighted by atomic mass is 10.1. The van der Waals surface area contributed by atoms with Crippen LogP contribution in [0.1, 0.15) is 11.1 Å². The van der Waals surface area contributed by atoms with E-state index in [1.54, 1.807) is 47.4 Å². The molecule has 0 unspecified atom stereocenters. The van der Waals surface area contributed by atoms with E-state index in [4.69, 9.17) is 0 Å². The Morgan fingerprint density at radius 2 is 1.68 bits per heavy atom. The average molecular weight is 405 g/mol. The Morgan fingerprint density at radius 3 is 2.32 bits per heavy atom. The number of aryl methyl sites for hydroxylation is 1. The van der Waals surface area contributed by atoms with Crippen molar-refractivity contribution in [1.29, 1.82) is 0 Å². The third-order valence-corrected chi connectivity index (χ3v) is 6.73. The largest absolute Gasteiger partial charge is 0.338 e. The molecule has 1 fully saturated rings. The van der Waals surface area contributed by atoms with E-state index in [0.29, 0.717) is 31.6 Å². The number of urea groups is 1. The molecule has 0 saturated carbocycles. The summed E-state index contributed by atoms with van der Waals surface area (Å²) in [4.78, 5) is 14.1. The molecule has 28 heavy (non-hydrogen) atoms. The molecule has 0 bridgehead atoms. The van der Waals surface area contributed by atoms with Crippen LogP contribution in [-0.4, -0.2) is 56.4 Å². The Morgan fingerprint density at radius 1 is 1.04 bits per heavy atom. The first-order valence-corrected chi connectivity index (χ1v) is 10.6. The van der Waals surface area contributed by atoms with Crippen molar-refractivity contribution in [3.05, 3.63) is 65.5 Å². The smallest absolute Gasteiger partial charge is 0.317 e.